The summed E-state index contributed by atoms with van der Waals surface area (Å²) in [6, 6.07) is 3.80. The van der Waals surface area contributed by atoms with Gasteiger partial charge in [-0.2, -0.15) is 9.65 Å². The third kappa shape index (κ3) is 2.19. The van der Waals surface area contributed by atoms with Gasteiger partial charge in [-0.3, -0.25) is 10.1 Å². The van der Waals surface area contributed by atoms with Crippen molar-refractivity contribution in [1.29, 1.82) is 5.26 Å². The first-order valence-corrected chi connectivity index (χ1v) is 4.91. The second kappa shape index (κ2) is 4.69. The maximum atomic E-state index is 13.7. The molecule has 0 spiro atoms. The molecule has 9 heteroatoms. The van der Waals surface area contributed by atoms with Crippen LogP contribution in [-0.4, -0.2) is 26.8 Å². The molecule has 0 radical (unpaired) electrons. The Labute approximate surface area is 105 Å². The molecule has 0 unspecified atom stereocenters. The minimum atomic E-state index is -1.06. The van der Waals surface area contributed by atoms with E-state index in [1.54, 1.807) is 6.07 Å². The first kappa shape index (κ1) is 12.4. The van der Waals surface area contributed by atoms with Gasteiger partial charge in [0.2, 0.25) is 5.82 Å². The first-order chi connectivity index (χ1) is 9.06. The second-order valence-corrected chi connectivity index (χ2v) is 3.36. The number of aromatic nitrogens is 3. The summed E-state index contributed by atoms with van der Waals surface area (Å²) in [5, 5.41) is 23.2. The molecule has 0 fully saturated rings. The van der Waals surface area contributed by atoms with Crippen molar-refractivity contribution < 1.29 is 14.1 Å². The number of ether oxygens (including phenoxy) is 1. The van der Waals surface area contributed by atoms with Gasteiger partial charge in [-0.1, -0.05) is 0 Å². The molecule has 1 aromatic carbocycles. The van der Waals surface area contributed by atoms with Crippen molar-refractivity contribution in [3.05, 3.63) is 40.2 Å². The number of hydrogen-bond acceptors (Lipinski definition) is 6. The summed E-state index contributed by atoms with van der Waals surface area (Å²) in [7, 11) is 1.30. The van der Waals surface area contributed by atoms with Gasteiger partial charge < -0.3 is 4.74 Å². The molecule has 0 bridgehead atoms. The van der Waals surface area contributed by atoms with Crippen molar-refractivity contribution >= 4 is 5.69 Å². The molecule has 0 aliphatic heterocycles. The van der Waals surface area contributed by atoms with E-state index in [0.29, 0.717) is 0 Å². The standard InChI is InChI=1S/C10H6FN5O3/c1-19-6-2-7(11)10(16(17)18)8(3-6)15-5-13-9(4-12)14-15/h2-3,5H,1H3. The van der Waals surface area contributed by atoms with E-state index < -0.39 is 16.4 Å². The summed E-state index contributed by atoms with van der Waals surface area (Å²) >= 11 is 0. The molecular formula is C10H6FN5O3. The lowest BCUT2D eigenvalue weighted by Gasteiger charge is -2.06. The third-order valence-corrected chi connectivity index (χ3v) is 2.27. The Kier molecular flexibility index (Phi) is 3.07. The number of rotatable bonds is 3. The molecule has 0 aliphatic rings. The minimum Gasteiger partial charge on any atom is -0.497 e. The lowest BCUT2D eigenvalue weighted by atomic mass is 10.2. The normalized spacial score (nSPS) is 9.95. The average molecular weight is 263 g/mol. The molecule has 0 amide bonds. The van der Waals surface area contributed by atoms with Crippen LogP contribution in [-0.2, 0) is 0 Å². The van der Waals surface area contributed by atoms with Crippen molar-refractivity contribution in [1.82, 2.24) is 14.8 Å². The highest BCUT2D eigenvalue weighted by molar-refractivity contribution is 5.56. The smallest absolute Gasteiger partial charge is 0.330 e. The van der Waals surface area contributed by atoms with Crippen molar-refractivity contribution in [3.63, 3.8) is 0 Å². The van der Waals surface area contributed by atoms with Crippen LogP contribution >= 0.6 is 0 Å². The van der Waals surface area contributed by atoms with E-state index >= 15 is 0 Å². The molecule has 2 aromatic rings. The maximum Gasteiger partial charge on any atom is 0.330 e. The van der Waals surface area contributed by atoms with Crippen molar-refractivity contribution in [2.24, 2.45) is 0 Å². The molecule has 0 N–H and O–H groups in total. The highest BCUT2D eigenvalue weighted by Gasteiger charge is 2.24. The second-order valence-electron chi connectivity index (χ2n) is 3.36. The Bertz CT molecular complexity index is 691. The van der Waals surface area contributed by atoms with Gasteiger partial charge in [-0.05, 0) is 0 Å². The highest BCUT2D eigenvalue weighted by atomic mass is 19.1. The van der Waals surface area contributed by atoms with Gasteiger partial charge in [0.25, 0.3) is 5.82 Å². The molecule has 0 atom stereocenters. The lowest BCUT2D eigenvalue weighted by molar-refractivity contribution is -0.387. The molecule has 2 rings (SSSR count). The van der Waals surface area contributed by atoms with E-state index in [1.807, 2.05) is 0 Å². The summed E-state index contributed by atoms with van der Waals surface area (Å²) in [5.41, 5.74) is -0.939. The molecule has 0 saturated carbocycles. The van der Waals surface area contributed by atoms with Crippen LogP contribution in [0.2, 0.25) is 0 Å². The SMILES string of the molecule is COc1cc(F)c([N+](=O)[O-])c(-n2cnc(C#N)n2)c1. The van der Waals surface area contributed by atoms with Gasteiger partial charge in [0, 0.05) is 12.1 Å². The van der Waals surface area contributed by atoms with Gasteiger partial charge in [0.15, 0.2) is 5.69 Å². The predicted octanol–water partition coefficient (Wildman–Crippen LogP) is 1.19. The van der Waals surface area contributed by atoms with E-state index in [-0.39, 0.29) is 17.3 Å². The highest BCUT2D eigenvalue weighted by Crippen LogP contribution is 2.30. The molecule has 96 valence electrons. The maximum absolute atomic E-state index is 13.7. The number of nitro groups is 1. The summed E-state index contributed by atoms with van der Waals surface area (Å²) in [4.78, 5) is 13.6. The van der Waals surface area contributed by atoms with Crippen LogP contribution in [0.5, 0.6) is 5.75 Å². The molecule has 8 nitrogen and oxygen atoms in total. The van der Waals surface area contributed by atoms with Gasteiger partial charge >= 0.3 is 5.69 Å². The van der Waals surface area contributed by atoms with Crippen molar-refractivity contribution in [2.45, 2.75) is 0 Å². The fourth-order valence-corrected chi connectivity index (χ4v) is 1.46. The van der Waals surface area contributed by atoms with Crippen LogP contribution in [0, 0.1) is 27.3 Å². The van der Waals surface area contributed by atoms with Gasteiger partial charge in [-0.25, -0.2) is 9.67 Å². The fraction of sp³-hybridized carbons (Fsp3) is 0.100. The van der Waals surface area contributed by atoms with Crippen molar-refractivity contribution in [3.8, 4) is 17.5 Å². The number of benzene rings is 1. The minimum absolute atomic E-state index is 0.0899. The summed E-state index contributed by atoms with van der Waals surface area (Å²) in [6.07, 6.45) is 1.08. The Balaban J connectivity index is 2.69. The van der Waals surface area contributed by atoms with Gasteiger partial charge in [0.1, 0.15) is 18.1 Å². The monoisotopic (exact) mass is 263 g/mol. The third-order valence-electron chi connectivity index (χ3n) is 2.27. The Morgan fingerprint density at radius 3 is 2.84 bits per heavy atom. The van der Waals surface area contributed by atoms with E-state index in [9.17, 15) is 14.5 Å². The van der Waals surface area contributed by atoms with Gasteiger partial charge in [0.05, 0.1) is 12.0 Å². The molecular weight excluding hydrogens is 257 g/mol. The van der Waals surface area contributed by atoms with Crippen LogP contribution in [0.1, 0.15) is 5.82 Å². The first-order valence-electron chi connectivity index (χ1n) is 4.91. The summed E-state index contributed by atoms with van der Waals surface area (Å²) in [6.45, 7) is 0. The van der Waals surface area contributed by atoms with E-state index in [0.717, 1.165) is 17.1 Å². The van der Waals surface area contributed by atoms with Crippen LogP contribution in [0.4, 0.5) is 10.1 Å². The zero-order valence-electron chi connectivity index (χ0n) is 9.57. The van der Waals surface area contributed by atoms with Crippen LogP contribution in [0.25, 0.3) is 5.69 Å². The number of nitrogens with zero attached hydrogens (tertiary/aromatic N) is 5. The quantitative estimate of drug-likeness (QED) is 0.608. The predicted molar refractivity (Wildman–Crippen MR) is 59.2 cm³/mol. The molecule has 1 aromatic heterocycles. The van der Waals surface area contributed by atoms with Crippen LogP contribution in [0.3, 0.4) is 0 Å². The zero-order chi connectivity index (χ0) is 14.0. The summed E-state index contributed by atoms with van der Waals surface area (Å²) < 4.78 is 19.5. The number of hydrogen-bond donors (Lipinski definition) is 0. The fourth-order valence-electron chi connectivity index (χ4n) is 1.46. The molecule has 0 saturated heterocycles. The lowest BCUT2D eigenvalue weighted by Crippen LogP contribution is -2.04. The average Bonchev–Trinajstić information content (AvgIpc) is 2.85. The number of methoxy groups -OCH3 is 1. The largest absolute Gasteiger partial charge is 0.497 e. The van der Waals surface area contributed by atoms with Crippen molar-refractivity contribution in [2.75, 3.05) is 7.11 Å². The topological polar surface area (TPSA) is 107 Å². The van der Waals surface area contributed by atoms with Gasteiger partial charge in [-0.15, -0.1) is 5.10 Å². The molecule has 19 heavy (non-hydrogen) atoms. The Hall–Kier alpha value is -3.02. The number of halogens is 1. The van der Waals surface area contributed by atoms with Crippen LogP contribution in [0.15, 0.2) is 18.5 Å². The van der Waals surface area contributed by atoms with E-state index in [1.165, 1.54) is 13.2 Å². The zero-order valence-corrected chi connectivity index (χ0v) is 9.57. The molecule has 0 aliphatic carbocycles. The van der Waals surface area contributed by atoms with Crippen LogP contribution < -0.4 is 4.74 Å². The van der Waals surface area contributed by atoms with E-state index in [4.69, 9.17) is 10.00 Å². The number of nitro benzene ring substituents is 1. The van der Waals surface area contributed by atoms with E-state index in [2.05, 4.69) is 10.1 Å². The number of nitriles is 1. The Morgan fingerprint density at radius 2 is 2.32 bits per heavy atom. The summed E-state index contributed by atoms with van der Waals surface area (Å²) in [5.74, 6) is -1.15. The molecule has 1 heterocycles. The Morgan fingerprint density at radius 1 is 1.58 bits per heavy atom.